The Morgan fingerprint density at radius 1 is 1.07 bits per heavy atom. The number of nitrogens with zero attached hydrogens (tertiary/aromatic N) is 1. The van der Waals surface area contributed by atoms with Crippen LogP contribution in [-0.4, -0.2) is 44.9 Å². The van der Waals surface area contributed by atoms with Gasteiger partial charge in [-0.05, 0) is 48.7 Å². The molecule has 0 saturated carbocycles. The van der Waals surface area contributed by atoms with Crippen molar-refractivity contribution in [3.63, 3.8) is 0 Å². The molecule has 0 spiro atoms. The van der Waals surface area contributed by atoms with Crippen molar-refractivity contribution in [2.24, 2.45) is 4.99 Å². The molecule has 0 heterocycles. The largest absolute Gasteiger partial charge is 0.493 e. The lowest BCUT2D eigenvalue weighted by Gasteiger charge is -2.14. The summed E-state index contributed by atoms with van der Waals surface area (Å²) in [5.74, 6) is 2.09. The maximum absolute atomic E-state index is 10.3. The summed E-state index contributed by atoms with van der Waals surface area (Å²) in [5, 5.41) is 17.4. The second-order valence-corrected chi connectivity index (χ2v) is 6.59. The fourth-order valence-electron chi connectivity index (χ4n) is 2.67. The molecule has 6 nitrogen and oxygen atoms in total. The Bertz CT molecular complexity index is 772. The van der Waals surface area contributed by atoms with Gasteiger partial charge in [0.05, 0.1) is 26.9 Å². The molecule has 29 heavy (non-hydrogen) atoms. The number of nitrogens with one attached hydrogen (secondary N) is 2. The normalized spacial score (nSPS) is 12.0. The number of halogens is 2. The molecule has 160 valence electrons. The Morgan fingerprint density at radius 3 is 2.38 bits per heavy atom. The van der Waals surface area contributed by atoms with E-state index in [-0.39, 0.29) is 30.5 Å². The predicted octanol–water partition coefficient (Wildman–Crippen LogP) is 3.81. The third-order valence-corrected chi connectivity index (χ3v) is 4.43. The van der Waals surface area contributed by atoms with Gasteiger partial charge in [0.2, 0.25) is 0 Å². The molecule has 0 aromatic heterocycles. The molecule has 8 heteroatoms. The highest BCUT2D eigenvalue weighted by atomic mass is 127. The van der Waals surface area contributed by atoms with E-state index in [2.05, 4.69) is 15.6 Å². The molecule has 0 aliphatic heterocycles. The molecule has 2 aromatic rings. The van der Waals surface area contributed by atoms with Crippen LogP contribution in [0.25, 0.3) is 0 Å². The molecular formula is C21H29ClIN3O3. The van der Waals surface area contributed by atoms with Crippen LogP contribution < -0.4 is 20.1 Å². The predicted molar refractivity (Wildman–Crippen MR) is 129 cm³/mol. The van der Waals surface area contributed by atoms with Gasteiger partial charge in [-0.1, -0.05) is 29.8 Å². The molecule has 0 saturated heterocycles. The van der Waals surface area contributed by atoms with Crippen LogP contribution in [0.3, 0.4) is 0 Å². The van der Waals surface area contributed by atoms with Gasteiger partial charge < -0.3 is 25.2 Å². The average Bonchev–Trinajstić information content (AvgIpc) is 2.72. The smallest absolute Gasteiger partial charge is 0.191 e. The zero-order chi connectivity index (χ0) is 20.4. The number of hydrogen-bond donors (Lipinski definition) is 3. The number of rotatable bonds is 9. The molecule has 0 bridgehead atoms. The van der Waals surface area contributed by atoms with E-state index in [1.165, 1.54) is 0 Å². The average molecular weight is 534 g/mol. The molecule has 2 rings (SSSR count). The van der Waals surface area contributed by atoms with Gasteiger partial charge in [-0.15, -0.1) is 24.0 Å². The minimum absolute atomic E-state index is 0. The number of aliphatic hydroxyl groups is 1. The van der Waals surface area contributed by atoms with Crippen LogP contribution in [0.2, 0.25) is 5.02 Å². The number of ether oxygens (including phenoxy) is 2. The van der Waals surface area contributed by atoms with E-state index in [0.29, 0.717) is 29.0 Å². The maximum Gasteiger partial charge on any atom is 0.191 e. The second kappa shape index (κ2) is 13.5. The minimum atomic E-state index is -0.682. The fraction of sp³-hybridized carbons (Fsp3) is 0.381. The molecular weight excluding hydrogens is 505 g/mol. The number of benzene rings is 2. The Balaban J connectivity index is 0.00000420. The molecule has 0 fully saturated rings. The molecule has 3 N–H and O–H groups in total. The van der Waals surface area contributed by atoms with Gasteiger partial charge in [0, 0.05) is 18.1 Å². The molecule has 0 aliphatic rings. The maximum atomic E-state index is 10.3. The molecule has 1 atom stereocenters. The van der Waals surface area contributed by atoms with Gasteiger partial charge in [-0.3, -0.25) is 4.99 Å². The topological polar surface area (TPSA) is 75.1 Å². The van der Waals surface area contributed by atoms with Gasteiger partial charge in [0.15, 0.2) is 17.5 Å². The number of guanidine groups is 1. The van der Waals surface area contributed by atoms with Gasteiger partial charge >= 0.3 is 0 Å². The van der Waals surface area contributed by atoms with Gasteiger partial charge in [0.25, 0.3) is 0 Å². The highest BCUT2D eigenvalue weighted by Crippen LogP contribution is 2.27. The van der Waals surface area contributed by atoms with E-state index in [1.807, 2.05) is 25.1 Å². The van der Waals surface area contributed by atoms with Crippen molar-refractivity contribution in [1.82, 2.24) is 10.6 Å². The Labute approximate surface area is 194 Å². The highest BCUT2D eigenvalue weighted by Gasteiger charge is 2.08. The van der Waals surface area contributed by atoms with E-state index in [4.69, 9.17) is 21.1 Å². The minimum Gasteiger partial charge on any atom is -0.493 e. The van der Waals surface area contributed by atoms with Crippen molar-refractivity contribution < 1.29 is 14.6 Å². The Morgan fingerprint density at radius 2 is 1.76 bits per heavy atom. The Hall–Kier alpha value is -1.71. The first-order valence-corrected chi connectivity index (χ1v) is 9.61. The van der Waals surface area contributed by atoms with E-state index in [0.717, 1.165) is 24.1 Å². The number of hydrogen-bond acceptors (Lipinski definition) is 4. The van der Waals surface area contributed by atoms with E-state index >= 15 is 0 Å². The van der Waals surface area contributed by atoms with E-state index in [1.54, 1.807) is 38.5 Å². The van der Waals surface area contributed by atoms with Crippen molar-refractivity contribution in [1.29, 1.82) is 0 Å². The SMILES string of the molecule is CCNC(=NCC(O)c1ccc(Cl)cc1)NCCc1ccc(OC)c(OC)c1.I. The quantitative estimate of drug-likeness (QED) is 0.260. The summed E-state index contributed by atoms with van der Waals surface area (Å²) >= 11 is 5.88. The Kier molecular flexibility index (Phi) is 11.8. The summed E-state index contributed by atoms with van der Waals surface area (Å²) in [4.78, 5) is 4.47. The van der Waals surface area contributed by atoms with E-state index < -0.39 is 6.10 Å². The van der Waals surface area contributed by atoms with Gasteiger partial charge in [0.1, 0.15) is 0 Å². The van der Waals surface area contributed by atoms with E-state index in [9.17, 15) is 5.11 Å². The van der Waals surface area contributed by atoms with Crippen LogP contribution in [0.4, 0.5) is 0 Å². The summed E-state index contributed by atoms with van der Waals surface area (Å²) in [6.07, 6.45) is 0.114. The summed E-state index contributed by atoms with van der Waals surface area (Å²) < 4.78 is 10.6. The molecule has 0 radical (unpaired) electrons. The number of methoxy groups -OCH3 is 2. The second-order valence-electron chi connectivity index (χ2n) is 6.15. The van der Waals surface area contributed by atoms with Crippen LogP contribution >= 0.6 is 35.6 Å². The third-order valence-electron chi connectivity index (χ3n) is 4.18. The summed E-state index contributed by atoms with van der Waals surface area (Å²) in [7, 11) is 3.25. The lowest BCUT2D eigenvalue weighted by atomic mass is 10.1. The summed E-state index contributed by atoms with van der Waals surface area (Å²) in [5.41, 5.74) is 1.91. The first-order chi connectivity index (χ1) is 13.6. The first-order valence-electron chi connectivity index (χ1n) is 9.24. The van der Waals surface area contributed by atoms with Crippen LogP contribution in [-0.2, 0) is 6.42 Å². The zero-order valence-corrected chi connectivity index (χ0v) is 20.0. The lowest BCUT2D eigenvalue weighted by molar-refractivity contribution is 0.187. The van der Waals surface area contributed by atoms with Crippen molar-refractivity contribution in [3.05, 3.63) is 58.6 Å². The van der Waals surface area contributed by atoms with Gasteiger partial charge in [-0.2, -0.15) is 0 Å². The van der Waals surface area contributed by atoms with Crippen LogP contribution in [0.15, 0.2) is 47.5 Å². The van der Waals surface area contributed by atoms with Crippen molar-refractivity contribution in [3.8, 4) is 11.5 Å². The lowest BCUT2D eigenvalue weighted by Crippen LogP contribution is -2.38. The molecule has 0 amide bonds. The van der Waals surface area contributed by atoms with Crippen molar-refractivity contribution >= 4 is 41.5 Å². The van der Waals surface area contributed by atoms with Crippen LogP contribution in [0, 0.1) is 0 Å². The molecule has 2 aromatic carbocycles. The van der Waals surface area contributed by atoms with Gasteiger partial charge in [-0.25, -0.2) is 0 Å². The van der Waals surface area contributed by atoms with Crippen LogP contribution in [0.5, 0.6) is 11.5 Å². The first kappa shape index (κ1) is 25.3. The standard InChI is InChI=1S/C21H28ClN3O3.HI/c1-4-23-21(25-14-18(26)16-6-8-17(22)9-7-16)24-12-11-15-5-10-19(27-2)20(13-15)28-3;/h5-10,13,18,26H,4,11-12,14H2,1-3H3,(H2,23,24,25);1H. The van der Waals surface area contributed by atoms with Crippen LogP contribution in [0.1, 0.15) is 24.2 Å². The zero-order valence-electron chi connectivity index (χ0n) is 16.9. The number of aliphatic imine (C=N–C) groups is 1. The third kappa shape index (κ3) is 8.28. The fourth-order valence-corrected chi connectivity index (χ4v) is 2.80. The highest BCUT2D eigenvalue weighted by molar-refractivity contribution is 14.0. The molecule has 1 unspecified atom stereocenters. The summed E-state index contributed by atoms with van der Waals surface area (Å²) in [6.45, 7) is 3.69. The molecule has 0 aliphatic carbocycles. The monoisotopic (exact) mass is 533 g/mol. The van der Waals surface area contributed by atoms with Crippen molar-refractivity contribution in [2.45, 2.75) is 19.4 Å². The number of aliphatic hydroxyl groups excluding tert-OH is 1. The summed E-state index contributed by atoms with van der Waals surface area (Å²) in [6, 6.07) is 13.0. The van der Waals surface area contributed by atoms with Crippen molar-refractivity contribution in [2.75, 3.05) is 33.9 Å².